The number of ether oxygens (including phenoxy) is 1. The summed E-state index contributed by atoms with van der Waals surface area (Å²) in [5.41, 5.74) is 1.08. The van der Waals surface area contributed by atoms with E-state index in [0.29, 0.717) is 11.8 Å². The Morgan fingerprint density at radius 1 is 1.57 bits per heavy atom. The highest BCUT2D eigenvalue weighted by Crippen LogP contribution is 2.33. The summed E-state index contributed by atoms with van der Waals surface area (Å²) in [6, 6.07) is 0. The molecule has 1 aliphatic carbocycles. The lowest BCUT2D eigenvalue weighted by molar-refractivity contribution is -0.146. The highest BCUT2D eigenvalue weighted by molar-refractivity contribution is 5.66. The average molecular weight is 196 g/mol. The molecule has 1 aliphatic rings. The van der Waals surface area contributed by atoms with Crippen LogP contribution in [0.2, 0.25) is 0 Å². The first-order valence-corrected chi connectivity index (χ1v) is 5.35. The second-order valence-corrected chi connectivity index (χ2v) is 4.53. The number of hydrogen-bond donors (Lipinski definition) is 0. The molecule has 1 saturated carbocycles. The van der Waals surface area contributed by atoms with Gasteiger partial charge < -0.3 is 4.74 Å². The fourth-order valence-corrected chi connectivity index (χ4v) is 2.03. The average Bonchev–Trinajstić information content (AvgIpc) is 2.07. The molecule has 2 atom stereocenters. The van der Waals surface area contributed by atoms with Crippen molar-refractivity contribution in [2.75, 3.05) is 0 Å². The molecule has 1 unspecified atom stereocenters. The van der Waals surface area contributed by atoms with Gasteiger partial charge in [-0.1, -0.05) is 20.4 Å². The first kappa shape index (κ1) is 11.3. The molecule has 0 N–H and O–H groups in total. The highest BCUT2D eigenvalue weighted by atomic mass is 16.5. The van der Waals surface area contributed by atoms with Gasteiger partial charge in [-0.15, -0.1) is 0 Å². The summed E-state index contributed by atoms with van der Waals surface area (Å²) < 4.78 is 5.25. The largest absolute Gasteiger partial charge is 0.458 e. The summed E-state index contributed by atoms with van der Waals surface area (Å²) in [4.78, 5) is 10.9. The molecule has 0 aromatic carbocycles. The van der Waals surface area contributed by atoms with E-state index in [0.717, 1.165) is 18.4 Å². The maximum atomic E-state index is 10.9. The number of hydrogen-bond acceptors (Lipinski definition) is 2. The van der Waals surface area contributed by atoms with Crippen LogP contribution in [0.5, 0.6) is 0 Å². The van der Waals surface area contributed by atoms with Crippen LogP contribution >= 0.6 is 0 Å². The van der Waals surface area contributed by atoms with Gasteiger partial charge in [-0.2, -0.15) is 0 Å². The van der Waals surface area contributed by atoms with Crippen LogP contribution in [-0.2, 0) is 9.53 Å². The summed E-state index contributed by atoms with van der Waals surface area (Å²) >= 11 is 0. The van der Waals surface area contributed by atoms with Crippen molar-refractivity contribution in [2.24, 2.45) is 11.8 Å². The van der Waals surface area contributed by atoms with E-state index in [1.807, 2.05) is 0 Å². The van der Waals surface area contributed by atoms with E-state index in [9.17, 15) is 4.79 Å². The molecule has 0 spiro atoms. The molecule has 0 aromatic heterocycles. The van der Waals surface area contributed by atoms with Gasteiger partial charge >= 0.3 is 5.97 Å². The third kappa shape index (κ3) is 2.86. The zero-order valence-corrected chi connectivity index (χ0v) is 9.38. The SMILES string of the molecule is C=C1CCC(C(C)C)C[C@H]1OC(C)=O. The molecule has 0 aromatic rings. The van der Waals surface area contributed by atoms with Crippen LogP contribution in [-0.4, -0.2) is 12.1 Å². The van der Waals surface area contributed by atoms with Gasteiger partial charge in [0.1, 0.15) is 6.10 Å². The van der Waals surface area contributed by atoms with Crippen molar-refractivity contribution in [2.45, 2.75) is 46.1 Å². The molecule has 0 aliphatic heterocycles. The van der Waals surface area contributed by atoms with E-state index in [1.165, 1.54) is 13.3 Å². The first-order chi connectivity index (χ1) is 6.50. The molecule has 80 valence electrons. The van der Waals surface area contributed by atoms with Crippen molar-refractivity contribution >= 4 is 5.97 Å². The van der Waals surface area contributed by atoms with Gasteiger partial charge in [-0.25, -0.2) is 0 Å². The van der Waals surface area contributed by atoms with Gasteiger partial charge in [-0.3, -0.25) is 4.79 Å². The van der Waals surface area contributed by atoms with Crippen LogP contribution in [0.25, 0.3) is 0 Å². The molecular weight excluding hydrogens is 176 g/mol. The molecule has 0 saturated heterocycles. The van der Waals surface area contributed by atoms with E-state index in [-0.39, 0.29) is 12.1 Å². The van der Waals surface area contributed by atoms with Crippen LogP contribution in [0.3, 0.4) is 0 Å². The van der Waals surface area contributed by atoms with Gasteiger partial charge in [0.15, 0.2) is 0 Å². The number of carbonyl (C=O) groups is 1. The van der Waals surface area contributed by atoms with E-state index >= 15 is 0 Å². The molecule has 1 rings (SSSR count). The molecule has 14 heavy (non-hydrogen) atoms. The van der Waals surface area contributed by atoms with Crippen molar-refractivity contribution in [3.63, 3.8) is 0 Å². The van der Waals surface area contributed by atoms with E-state index in [4.69, 9.17) is 4.74 Å². The smallest absolute Gasteiger partial charge is 0.303 e. The summed E-state index contributed by atoms with van der Waals surface area (Å²) in [7, 11) is 0. The zero-order chi connectivity index (χ0) is 10.7. The Hall–Kier alpha value is -0.790. The maximum Gasteiger partial charge on any atom is 0.303 e. The van der Waals surface area contributed by atoms with Crippen molar-refractivity contribution < 1.29 is 9.53 Å². The second-order valence-electron chi connectivity index (χ2n) is 4.53. The number of carbonyl (C=O) groups excluding carboxylic acids is 1. The Morgan fingerprint density at radius 3 is 2.71 bits per heavy atom. The fourth-order valence-electron chi connectivity index (χ4n) is 2.03. The van der Waals surface area contributed by atoms with Crippen molar-refractivity contribution in [3.8, 4) is 0 Å². The summed E-state index contributed by atoms with van der Waals surface area (Å²) in [6.07, 6.45) is 3.11. The van der Waals surface area contributed by atoms with Gasteiger partial charge in [0.2, 0.25) is 0 Å². The lowest BCUT2D eigenvalue weighted by atomic mass is 9.78. The molecular formula is C12H20O2. The van der Waals surface area contributed by atoms with Crippen molar-refractivity contribution in [3.05, 3.63) is 12.2 Å². The Morgan fingerprint density at radius 2 is 2.21 bits per heavy atom. The molecule has 1 fully saturated rings. The fraction of sp³-hybridized carbons (Fsp3) is 0.750. The molecule has 0 heterocycles. The number of rotatable bonds is 2. The van der Waals surface area contributed by atoms with Crippen LogP contribution in [0.4, 0.5) is 0 Å². The molecule has 0 amide bonds. The molecule has 2 nitrogen and oxygen atoms in total. The minimum absolute atomic E-state index is 0.0337. The number of esters is 1. The molecule has 2 heteroatoms. The van der Waals surface area contributed by atoms with E-state index in [1.54, 1.807) is 0 Å². The minimum Gasteiger partial charge on any atom is -0.458 e. The van der Waals surface area contributed by atoms with Crippen LogP contribution < -0.4 is 0 Å². The third-order valence-electron chi connectivity index (χ3n) is 3.06. The quantitative estimate of drug-likeness (QED) is 0.501. The van der Waals surface area contributed by atoms with Gasteiger partial charge in [0.05, 0.1) is 0 Å². The van der Waals surface area contributed by atoms with Gasteiger partial charge in [0, 0.05) is 6.92 Å². The lowest BCUT2D eigenvalue weighted by Crippen LogP contribution is -2.28. The third-order valence-corrected chi connectivity index (χ3v) is 3.06. The van der Waals surface area contributed by atoms with E-state index in [2.05, 4.69) is 20.4 Å². The summed E-state index contributed by atoms with van der Waals surface area (Å²) in [5.74, 6) is 1.14. The molecule has 0 bridgehead atoms. The van der Waals surface area contributed by atoms with Crippen LogP contribution in [0.1, 0.15) is 40.0 Å². The minimum atomic E-state index is -0.194. The van der Waals surface area contributed by atoms with E-state index < -0.39 is 0 Å². The second kappa shape index (κ2) is 4.63. The zero-order valence-electron chi connectivity index (χ0n) is 9.38. The lowest BCUT2D eigenvalue weighted by Gasteiger charge is -2.32. The van der Waals surface area contributed by atoms with Crippen LogP contribution in [0, 0.1) is 11.8 Å². The normalized spacial score (nSPS) is 27.9. The van der Waals surface area contributed by atoms with Crippen molar-refractivity contribution in [1.82, 2.24) is 0 Å². The maximum absolute atomic E-state index is 10.9. The van der Waals surface area contributed by atoms with Gasteiger partial charge in [0.25, 0.3) is 0 Å². The predicted molar refractivity (Wildman–Crippen MR) is 56.9 cm³/mol. The standard InChI is InChI=1S/C12H20O2/c1-8(2)11-6-5-9(3)12(7-11)14-10(4)13/h8,11-12H,3,5-7H2,1-2,4H3/t11?,12-/m1/s1. The van der Waals surface area contributed by atoms with Gasteiger partial charge in [-0.05, 0) is 36.7 Å². The Kier molecular flexibility index (Phi) is 3.73. The Labute approximate surface area is 86.3 Å². The predicted octanol–water partition coefficient (Wildman–Crippen LogP) is 2.93. The Balaban J connectivity index is 2.55. The summed E-state index contributed by atoms with van der Waals surface area (Å²) in [5, 5.41) is 0. The molecule has 0 radical (unpaired) electrons. The topological polar surface area (TPSA) is 26.3 Å². The highest BCUT2D eigenvalue weighted by Gasteiger charge is 2.28. The van der Waals surface area contributed by atoms with Crippen molar-refractivity contribution in [1.29, 1.82) is 0 Å². The van der Waals surface area contributed by atoms with Crippen LogP contribution in [0.15, 0.2) is 12.2 Å². The Bertz CT molecular complexity index is 230. The first-order valence-electron chi connectivity index (χ1n) is 5.35. The monoisotopic (exact) mass is 196 g/mol. The summed E-state index contributed by atoms with van der Waals surface area (Å²) in [6.45, 7) is 9.88.